The molecule has 0 aliphatic heterocycles. The number of aliphatic hydroxyl groups excluding tert-OH is 1. The minimum absolute atomic E-state index is 0.0613. The standard InChI is InChI=1S/C11H12O6/c12-7(4-5-9(14)15)6-2-1-3-8(13)10(6)11(16)17/h1-3,8,10,13H,4-5H2,(H,14,15)(H,16,17). The molecule has 3 N–H and O–H groups in total. The van der Waals surface area contributed by atoms with Crippen molar-refractivity contribution < 1.29 is 29.7 Å². The summed E-state index contributed by atoms with van der Waals surface area (Å²) in [7, 11) is 0. The molecule has 6 nitrogen and oxygen atoms in total. The van der Waals surface area contributed by atoms with Gasteiger partial charge in [-0.3, -0.25) is 14.4 Å². The second kappa shape index (κ2) is 5.40. The van der Waals surface area contributed by atoms with Gasteiger partial charge in [0.05, 0.1) is 12.5 Å². The Morgan fingerprint density at radius 3 is 2.35 bits per heavy atom. The molecule has 0 aromatic rings. The van der Waals surface area contributed by atoms with Crippen LogP contribution in [-0.4, -0.2) is 39.1 Å². The molecular formula is C11H12O6. The lowest BCUT2D eigenvalue weighted by molar-refractivity contribution is -0.144. The van der Waals surface area contributed by atoms with Gasteiger partial charge in [-0.05, 0) is 0 Å². The number of rotatable bonds is 5. The van der Waals surface area contributed by atoms with Gasteiger partial charge in [0.25, 0.3) is 0 Å². The maximum absolute atomic E-state index is 11.6. The van der Waals surface area contributed by atoms with E-state index in [1.54, 1.807) is 0 Å². The fourth-order valence-electron chi connectivity index (χ4n) is 1.58. The third-order valence-corrected chi connectivity index (χ3v) is 2.41. The van der Waals surface area contributed by atoms with Crippen molar-refractivity contribution in [3.63, 3.8) is 0 Å². The largest absolute Gasteiger partial charge is 0.481 e. The van der Waals surface area contributed by atoms with E-state index in [0.29, 0.717) is 0 Å². The van der Waals surface area contributed by atoms with E-state index < -0.39 is 29.7 Å². The smallest absolute Gasteiger partial charge is 0.314 e. The van der Waals surface area contributed by atoms with Crippen LogP contribution in [0.1, 0.15) is 12.8 Å². The van der Waals surface area contributed by atoms with Crippen molar-refractivity contribution in [2.45, 2.75) is 18.9 Å². The third-order valence-electron chi connectivity index (χ3n) is 2.41. The molecule has 0 radical (unpaired) electrons. The molecule has 17 heavy (non-hydrogen) atoms. The first-order valence-electron chi connectivity index (χ1n) is 4.97. The minimum atomic E-state index is -1.32. The van der Waals surface area contributed by atoms with Gasteiger partial charge >= 0.3 is 11.9 Å². The molecule has 0 amide bonds. The summed E-state index contributed by atoms with van der Waals surface area (Å²) in [6, 6.07) is 0. The molecule has 1 aliphatic carbocycles. The molecule has 0 spiro atoms. The van der Waals surface area contributed by atoms with E-state index in [9.17, 15) is 19.5 Å². The molecule has 0 aromatic heterocycles. The van der Waals surface area contributed by atoms with Crippen LogP contribution in [0.3, 0.4) is 0 Å². The predicted molar refractivity (Wildman–Crippen MR) is 56.2 cm³/mol. The van der Waals surface area contributed by atoms with Gasteiger partial charge in [-0.1, -0.05) is 18.2 Å². The molecule has 0 heterocycles. The van der Waals surface area contributed by atoms with Gasteiger partial charge in [0.15, 0.2) is 5.78 Å². The zero-order valence-electron chi connectivity index (χ0n) is 8.87. The minimum Gasteiger partial charge on any atom is -0.481 e. The molecule has 0 saturated heterocycles. The quantitative estimate of drug-likeness (QED) is 0.622. The highest BCUT2D eigenvalue weighted by molar-refractivity contribution is 6.02. The summed E-state index contributed by atoms with van der Waals surface area (Å²) < 4.78 is 0. The van der Waals surface area contributed by atoms with E-state index >= 15 is 0 Å². The lowest BCUT2D eigenvalue weighted by Crippen LogP contribution is -2.33. The second-order valence-corrected chi connectivity index (χ2v) is 3.63. The highest BCUT2D eigenvalue weighted by atomic mass is 16.4. The number of hydrogen-bond acceptors (Lipinski definition) is 4. The van der Waals surface area contributed by atoms with Gasteiger partial charge < -0.3 is 15.3 Å². The van der Waals surface area contributed by atoms with Crippen LogP contribution < -0.4 is 0 Å². The van der Waals surface area contributed by atoms with E-state index in [2.05, 4.69) is 0 Å². The maximum atomic E-state index is 11.6. The van der Waals surface area contributed by atoms with Crippen LogP contribution >= 0.6 is 0 Å². The van der Waals surface area contributed by atoms with Crippen LogP contribution in [0.5, 0.6) is 0 Å². The molecule has 0 saturated carbocycles. The number of carbonyl (C=O) groups excluding carboxylic acids is 1. The van der Waals surface area contributed by atoms with E-state index in [-0.39, 0.29) is 18.4 Å². The van der Waals surface area contributed by atoms with Gasteiger partial charge in [-0.15, -0.1) is 0 Å². The lowest BCUT2D eigenvalue weighted by atomic mass is 9.85. The summed E-state index contributed by atoms with van der Waals surface area (Å²) in [5.74, 6) is -4.32. The van der Waals surface area contributed by atoms with Gasteiger partial charge in [0.1, 0.15) is 5.92 Å². The molecule has 0 bridgehead atoms. The van der Waals surface area contributed by atoms with Gasteiger partial charge in [-0.25, -0.2) is 0 Å². The molecule has 2 unspecified atom stereocenters. The number of aliphatic hydroxyl groups is 1. The highest BCUT2D eigenvalue weighted by Gasteiger charge is 2.33. The molecule has 0 aromatic carbocycles. The first-order chi connectivity index (χ1) is 7.93. The maximum Gasteiger partial charge on any atom is 0.314 e. The van der Waals surface area contributed by atoms with Crippen LogP contribution in [0.25, 0.3) is 0 Å². The second-order valence-electron chi connectivity index (χ2n) is 3.63. The van der Waals surface area contributed by atoms with Crippen LogP contribution in [-0.2, 0) is 14.4 Å². The van der Waals surface area contributed by atoms with E-state index in [1.165, 1.54) is 18.2 Å². The van der Waals surface area contributed by atoms with Crippen LogP contribution in [0, 0.1) is 5.92 Å². The number of allylic oxidation sites excluding steroid dienone is 2. The third kappa shape index (κ3) is 3.25. The van der Waals surface area contributed by atoms with Crippen LogP contribution in [0.4, 0.5) is 0 Å². The Kier molecular flexibility index (Phi) is 4.17. The van der Waals surface area contributed by atoms with Crippen molar-refractivity contribution in [1.29, 1.82) is 0 Å². The number of carboxylic acids is 2. The van der Waals surface area contributed by atoms with Crippen LogP contribution in [0.15, 0.2) is 23.8 Å². The summed E-state index contributed by atoms with van der Waals surface area (Å²) >= 11 is 0. The Morgan fingerprint density at radius 1 is 1.18 bits per heavy atom. The fourth-order valence-corrected chi connectivity index (χ4v) is 1.58. The summed E-state index contributed by atoms with van der Waals surface area (Å²) in [5.41, 5.74) is -0.0613. The number of carbonyl (C=O) groups is 3. The topological polar surface area (TPSA) is 112 Å². The normalized spacial score (nSPS) is 23.0. The van der Waals surface area contributed by atoms with Crippen molar-refractivity contribution in [2.75, 3.05) is 0 Å². The number of carboxylic acid groups (broad SMARTS) is 2. The zero-order chi connectivity index (χ0) is 13.0. The number of aliphatic carboxylic acids is 2. The highest BCUT2D eigenvalue weighted by Crippen LogP contribution is 2.23. The van der Waals surface area contributed by atoms with Gasteiger partial charge in [-0.2, -0.15) is 0 Å². The Hall–Kier alpha value is -1.95. The van der Waals surface area contributed by atoms with E-state index in [0.717, 1.165) is 0 Å². The van der Waals surface area contributed by atoms with E-state index in [1.807, 2.05) is 0 Å². The number of Topliss-reactive ketones (excluding diaryl/α,β-unsaturated/α-hetero) is 1. The predicted octanol–water partition coefficient (Wildman–Crippen LogP) is -0.0218. The van der Waals surface area contributed by atoms with Crippen molar-refractivity contribution >= 4 is 17.7 Å². The Balaban J connectivity index is 2.82. The Bertz CT molecular complexity index is 406. The Morgan fingerprint density at radius 2 is 1.82 bits per heavy atom. The van der Waals surface area contributed by atoms with Crippen molar-refractivity contribution in [3.05, 3.63) is 23.8 Å². The van der Waals surface area contributed by atoms with Crippen molar-refractivity contribution in [1.82, 2.24) is 0 Å². The summed E-state index contributed by atoms with van der Waals surface area (Å²) in [6.07, 6.45) is 2.07. The molecule has 1 rings (SSSR count). The zero-order valence-corrected chi connectivity index (χ0v) is 8.87. The average Bonchev–Trinajstić information content (AvgIpc) is 2.24. The van der Waals surface area contributed by atoms with Gasteiger partial charge in [0, 0.05) is 12.0 Å². The summed E-state index contributed by atoms with van der Waals surface area (Å²) in [6.45, 7) is 0. The Labute approximate surface area is 96.9 Å². The monoisotopic (exact) mass is 240 g/mol. The molecule has 2 atom stereocenters. The fraction of sp³-hybridized carbons (Fsp3) is 0.364. The van der Waals surface area contributed by atoms with Crippen LogP contribution in [0.2, 0.25) is 0 Å². The molecule has 6 heteroatoms. The summed E-state index contributed by atoms with van der Waals surface area (Å²) in [5, 5.41) is 26.8. The number of ketones is 1. The summed E-state index contributed by atoms with van der Waals surface area (Å²) in [4.78, 5) is 32.9. The number of hydrogen-bond donors (Lipinski definition) is 3. The molecule has 92 valence electrons. The molecular weight excluding hydrogens is 228 g/mol. The van der Waals surface area contributed by atoms with Crippen molar-refractivity contribution in [3.8, 4) is 0 Å². The molecule has 0 fully saturated rings. The first-order valence-corrected chi connectivity index (χ1v) is 4.97. The SMILES string of the molecule is O=C(O)CCC(=O)C1=CC=CC(O)C1C(=O)O. The average molecular weight is 240 g/mol. The molecule has 1 aliphatic rings. The van der Waals surface area contributed by atoms with E-state index in [4.69, 9.17) is 10.2 Å². The van der Waals surface area contributed by atoms with Crippen molar-refractivity contribution in [2.24, 2.45) is 5.92 Å². The van der Waals surface area contributed by atoms with Gasteiger partial charge in [0.2, 0.25) is 0 Å². The first kappa shape index (κ1) is 13.1. The lowest BCUT2D eigenvalue weighted by Gasteiger charge is -2.21.